The number of benzene rings is 2. The van der Waals surface area contributed by atoms with E-state index in [0.29, 0.717) is 24.2 Å². The second-order valence-electron chi connectivity index (χ2n) is 7.74. The molecule has 0 aliphatic carbocycles. The Kier molecular flexibility index (Phi) is 6.79. The Labute approximate surface area is 176 Å². The van der Waals surface area contributed by atoms with Crippen molar-refractivity contribution in [3.05, 3.63) is 76.9 Å². The van der Waals surface area contributed by atoms with Crippen LogP contribution in [-0.2, 0) is 11.3 Å². The summed E-state index contributed by atoms with van der Waals surface area (Å²) >= 11 is 0. The number of amides is 1. The fourth-order valence-electron chi connectivity index (χ4n) is 3.87. The number of carbonyl (C=O) groups is 3. The van der Waals surface area contributed by atoms with Gasteiger partial charge in [0.2, 0.25) is 0 Å². The van der Waals surface area contributed by atoms with Crippen molar-refractivity contribution in [3.63, 3.8) is 0 Å². The number of nitrogens with zero attached hydrogens (tertiary/aromatic N) is 2. The van der Waals surface area contributed by atoms with Gasteiger partial charge in [-0.2, -0.15) is 0 Å². The summed E-state index contributed by atoms with van der Waals surface area (Å²) in [4.78, 5) is 38.8. The van der Waals surface area contributed by atoms with Crippen LogP contribution in [0.1, 0.15) is 45.7 Å². The molecule has 0 aromatic heterocycles. The van der Waals surface area contributed by atoms with Gasteiger partial charge in [0, 0.05) is 48.9 Å². The zero-order valence-electron chi connectivity index (χ0n) is 17.2. The molecule has 1 saturated heterocycles. The fourth-order valence-corrected chi connectivity index (χ4v) is 3.87. The molecular formula is C24H26N2O4. The van der Waals surface area contributed by atoms with E-state index in [4.69, 9.17) is 5.11 Å². The van der Waals surface area contributed by atoms with E-state index in [-0.39, 0.29) is 18.0 Å². The second-order valence-corrected chi connectivity index (χ2v) is 7.74. The average molecular weight is 406 g/mol. The number of carboxylic acid groups (broad SMARTS) is 1. The second kappa shape index (κ2) is 9.50. The van der Waals surface area contributed by atoms with E-state index in [1.165, 1.54) is 0 Å². The van der Waals surface area contributed by atoms with Crippen LogP contribution in [0.15, 0.2) is 54.6 Å². The van der Waals surface area contributed by atoms with Gasteiger partial charge in [0.1, 0.15) is 6.29 Å². The highest BCUT2D eigenvalue weighted by Crippen LogP contribution is 2.21. The fraction of sp³-hybridized carbons (Fsp3) is 0.292. The smallest absolute Gasteiger partial charge is 0.328 e. The lowest BCUT2D eigenvalue weighted by Gasteiger charge is -2.44. The molecule has 2 aromatic rings. The van der Waals surface area contributed by atoms with E-state index in [0.717, 1.165) is 30.0 Å². The molecule has 0 spiro atoms. The third kappa shape index (κ3) is 5.21. The molecule has 0 radical (unpaired) electrons. The van der Waals surface area contributed by atoms with Crippen molar-refractivity contribution in [2.24, 2.45) is 0 Å². The van der Waals surface area contributed by atoms with Gasteiger partial charge >= 0.3 is 5.97 Å². The normalized spacial score (nSPS) is 19.7. The van der Waals surface area contributed by atoms with Gasteiger partial charge in [-0.05, 0) is 43.2 Å². The number of carboxylic acids is 1. The van der Waals surface area contributed by atoms with Crippen molar-refractivity contribution in [3.8, 4) is 0 Å². The highest BCUT2D eigenvalue weighted by atomic mass is 16.4. The maximum absolute atomic E-state index is 12.9. The number of hydrogen-bond acceptors (Lipinski definition) is 4. The highest BCUT2D eigenvalue weighted by Gasteiger charge is 2.32. The quantitative estimate of drug-likeness (QED) is 0.588. The summed E-state index contributed by atoms with van der Waals surface area (Å²) in [5.41, 5.74) is 3.02. The van der Waals surface area contributed by atoms with Gasteiger partial charge in [0.15, 0.2) is 0 Å². The number of aldehydes is 1. The molecule has 1 aliphatic heterocycles. The van der Waals surface area contributed by atoms with E-state index in [9.17, 15) is 14.4 Å². The Bertz CT molecular complexity index is 940. The Morgan fingerprint density at radius 3 is 2.30 bits per heavy atom. The number of rotatable bonds is 6. The minimum atomic E-state index is -0.966. The molecule has 1 fully saturated rings. The highest BCUT2D eigenvalue weighted by molar-refractivity contribution is 5.96. The third-order valence-corrected chi connectivity index (χ3v) is 5.42. The van der Waals surface area contributed by atoms with Crippen LogP contribution >= 0.6 is 0 Å². The molecule has 2 atom stereocenters. The lowest BCUT2D eigenvalue weighted by molar-refractivity contribution is -0.131. The molecule has 6 heteroatoms. The lowest BCUT2D eigenvalue weighted by atomic mass is 10.0. The van der Waals surface area contributed by atoms with E-state index in [1.807, 2.05) is 29.2 Å². The van der Waals surface area contributed by atoms with Crippen LogP contribution in [-0.4, -0.2) is 58.2 Å². The summed E-state index contributed by atoms with van der Waals surface area (Å²) in [6, 6.07) is 15.0. The summed E-state index contributed by atoms with van der Waals surface area (Å²) in [5, 5.41) is 8.73. The van der Waals surface area contributed by atoms with Gasteiger partial charge in [0.25, 0.3) is 5.91 Å². The molecule has 156 valence electrons. The third-order valence-electron chi connectivity index (χ3n) is 5.42. The standard InChI is InChI=1S/C24H26N2O4/c1-17-13-25(24(30)22-5-3-4-21(12-22)16-27)14-18(2)26(17)15-20-8-6-19(7-9-20)10-11-23(28)29/h3-12,16-18H,13-15H2,1-2H3,(H,28,29)/b11-10+/t17-,18+. The topological polar surface area (TPSA) is 77.9 Å². The average Bonchev–Trinajstić information content (AvgIpc) is 2.75. The Balaban J connectivity index is 1.65. The van der Waals surface area contributed by atoms with Crippen molar-refractivity contribution in [2.45, 2.75) is 32.5 Å². The first-order valence-electron chi connectivity index (χ1n) is 9.97. The Morgan fingerprint density at radius 1 is 1.03 bits per heavy atom. The molecule has 30 heavy (non-hydrogen) atoms. The van der Waals surface area contributed by atoms with Crippen molar-refractivity contribution < 1.29 is 19.5 Å². The van der Waals surface area contributed by atoms with E-state index in [2.05, 4.69) is 18.7 Å². The van der Waals surface area contributed by atoms with Gasteiger partial charge in [-0.15, -0.1) is 0 Å². The first kappa shape index (κ1) is 21.5. The first-order chi connectivity index (χ1) is 14.4. The summed E-state index contributed by atoms with van der Waals surface area (Å²) < 4.78 is 0. The number of piperazine rings is 1. The summed E-state index contributed by atoms with van der Waals surface area (Å²) in [5.74, 6) is -1.02. The number of hydrogen-bond donors (Lipinski definition) is 1. The zero-order chi connectivity index (χ0) is 21.7. The largest absolute Gasteiger partial charge is 0.478 e. The van der Waals surface area contributed by atoms with Crippen molar-refractivity contribution >= 4 is 24.2 Å². The molecule has 2 aromatic carbocycles. The maximum atomic E-state index is 12.9. The molecule has 3 rings (SSSR count). The summed E-state index contributed by atoms with van der Waals surface area (Å²) in [7, 11) is 0. The van der Waals surface area contributed by atoms with Crippen LogP contribution < -0.4 is 0 Å². The lowest BCUT2D eigenvalue weighted by Crippen LogP contribution is -2.57. The van der Waals surface area contributed by atoms with Crippen molar-refractivity contribution in [1.82, 2.24) is 9.80 Å². The van der Waals surface area contributed by atoms with Crippen LogP contribution in [0.25, 0.3) is 6.08 Å². The van der Waals surface area contributed by atoms with Gasteiger partial charge in [-0.3, -0.25) is 14.5 Å². The molecule has 0 unspecified atom stereocenters. The number of aliphatic carboxylic acids is 1. The van der Waals surface area contributed by atoms with E-state index in [1.54, 1.807) is 30.3 Å². The molecule has 1 aliphatic rings. The SMILES string of the molecule is C[C@@H]1CN(C(=O)c2cccc(C=O)c2)C[C@H](C)N1Cc1ccc(/C=C/C(=O)O)cc1. The van der Waals surface area contributed by atoms with Crippen LogP contribution in [0.2, 0.25) is 0 Å². The minimum Gasteiger partial charge on any atom is -0.478 e. The molecule has 0 bridgehead atoms. The van der Waals surface area contributed by atoms with Crippen LogP contribution in [0.5, 0.6) is 0 Å². The minimum absolute atomic E-state index is 0.0494. The Hall–Kier alpha value is -3.25. The van der Waals surface area contributed by atoms with Gasteiger partial charge in [0.05, 0.1) is 0 Å². The first-order valence-corrected chi connectivity index (χ1v) is 9.97. The Morgan fingerprint density at radius 2 is 1.70 bits per heavy atom. The van der Waals surface area contributed by atoms with Gasteiger partial charge < -0.3 is 10.0 Å². The monoisotopic (exact) mass is 406 g/mol. The van der Waals surface area contributed by atoms with Crippen LogP contribution in [0, 0.1) is 0 Å². The summed E-state index contributed by atoms with van der Waals surface area (Å²) in [6.45, 7) is 6.22. The number of carbonyl (C=O) groups excluding carboxylic acids is 2. The molecule has 1 amide bonds. The van der Waals surface area contributed by atoms with E-state index >= 15 is 0 Å². The van der Waals surface area contributed by atoms with E-state index < -0.39 is 5.97 Å². The van der Waals surface area contributed by atoms with Gasteiger partial charge in [-0.1, -0.05) is 36.4 Å². The molecule has 6 nitrogen and oxygen atoms in total. The molecule has 1 N–H and O–H groups in total. The van der Waals surface area contributed by atoms with Crippen molar-refractivity contribution in [1.29, 1.82) is 0 Å². The molecule has 1 heterocycles. The predicted octanol–water partition coefficient (Wildman–Crippen LogP) is 3.33. The maximum Gasteiger partial charge on any atom is 0.328 e. The predicted molar refractivity (Wildman–Crippen MR) is 115 cm³/mol. The van der Waals surface area contributed by atoms with Crippen LogP contribution in [0.3, 0.4) is 0 Å². The van der Waals surface area contributed by atoms with Crippen LogP contribution in [0.4, 0.5) is 0 Å². The van der Waals surface area contributed by atoms with Crippen molar-refractivity contribution in [2.75, 3.05) is 13.1 Å². The molecule has 0 saturated carbocycles. The van der Waals surface area contributed by atoms with Gasteiger partial charge in [-0.25, -0.2) is 4.79 Å². The zero-order valence-corrected chi connectivity index (χ0v) is 17.2. The summed E-state index contributed by atoms with van der Waals surface area (Å²) in [6.07, 6.45) is 3.45. The molecular weight excluding hydrogens is 380 g/mol.